The quantitative estimate of drug-likeness (QED) is 0.361. The molecule has 0 N–H and O–H groups in total. The third-order valence-corrected chi connectivity index (χ3v) is 2.20. The van der Waals surface area contributed by atoms with Crippen LogP contribution in [-0.4, -0.2) is 34.7 Å². The van der Waals surface area contributed by atoms with Gasteiger partial charge in [-0.3, -0.25) is 0 Å². The molecule has 0 aliphatic rings. The highest BCUT2D eigenvalue weighted by Gasteiger charge is 2.23. The molecule has 0 aromatic carbocycles. The van der Waals surface area contributed by atoms with E-state index < -0.39 is 5.41 Å². The van der Waals surface area contributed by atoms with Crippen LogP contribution in [0.5, 0.6) is 0 Å². The maximum Gasteiger partial charge on any atom is 0.144 e. The van der Waals surface area contributed by atoms with Crippen LogP contribution in [0.3, 0.4) is 0 Å². The lowest BCUT2D eigenvalue weighted by Crippen LogP contribution is -2.36. The number of ether oxygens (including phenoxy) is 2. The highest BCUT2D eigenvalue weighted by atomic mass is 35.5. The Morgan fingerprint density at radius 1 is 1.25 bits per heavy atom. The van der Waals surface area contributed by atoms with E-state index in [2.05, 4.69) is 10.2 Å². The van der Waals surface area contributed by atoms with Crippen LogP contribution in [0.15, 0.2) is 0 Å². The van der Waals surface area contributed by atoms with Crippen molar-refractivity contribution in [2.45, 2.75) is 32.1 Å². The van der Waals surface area contributed by atoms with Gasteiger partial charge in [0, 0.05) is 19.1 Å². The van der Waals surface area contributed by atoms with Crippen molar-refractivity contribution in [1.29, 1.82) is 0 Å². The van der Waals surface area contributed by atoms with Gasteiger partial charge in [-0.2, -0.15) is 0 Å². The molecule has 71 valence electrons. The highest BCUT2D eigenvalue weighted by Crippen LogP contribution is 2.16. The second-order valence-electron chi connectivity index (χ2n) is 2.41. The van der Waals surface area contributed by atoms with Gasteiger partial charge in [-0.05, 0) is 26.7 Å². The summed E-state index contributed by atoms with van der Waals surface area (Å²) in [6.07, 6.45) is 1.65. The van der Waals surface area contributed by atoms with Crippen molar-refractivity contribution in [2.75, 3.05) is 19.1 Å². The Hall–Kier alpha value is 0.427. The summed E-state index contributed by atoms with van der Waals surface area (Å²) in [6.45, 7) is 5.14. The van der Waals surface area contributed by atoms with Crippen molar-refractivity contribution >= 4 is 21.8 Å². The fourth-order valence-corrected chi connectivity index (χ4v) is 1.55. The zero-order chi connectivity index (χ0) is 9.45. The Kier molecular flexibility index (Phi) is 7.14. The van der Waals surface area contributed by atoms with E-state index in [1.54, 1.807) is 0 Å². The van der Waals surface area contributed by atoms with Gasteiger partial charge in [0.2, 0.25) is 0 Å². The van der Waals surface area contributed by atoms with Gasteiger partial charge in [-0.15, -0.1) is 11.6 Å². The van der Waals surface area contributed by atoms with E-state index in [0.29, 0.717) is 19.1 Å². The second-order valence-corrected chi connectivity index (χ2v) is 3.55. The summed E-state index contributed by atoms with van der Waals surface area (Å²) in [6, 6.07) is 0. The van der Waals surface area contributed by atoms with Crippen LogP contribution in [0.25, 0.3) is 0 Å². The van der Waals surface area contributed by atoms with E-state index >= 15 is 0 Å². The Balaban J connectivity index is 3.80. The van der Waals surface area contributed by atoms with Crippen molar-refractivity contribution in [3.8, 4) is 0 Å². The summed E-state index contributed by atoms with van der Waals surface area (Å²) in [5, 5.41) is 0. The number of alkyl halides is 1. The third-order valence-electron chi connectivity index (χ3n) is 1.39. The Labute approximate surface area is 83.0 Å². The summed E-state index contributed by atoms with van der Waals surface area (Å²) in [5.41, 5.74) is -0.627. The topological polar surface area (TPSA) is 18.5 Å². The molecule has 0 fully saturated rings. The average Bonchev–Trinajstić information content (AvgIpc) is 2.02. The maximum absolute atomic E-state index is 5.58. The summed E-state index contributed by atoms with van der Waals surface area (Å²) >= 11 is 5.58. The van der Waals surface area contributed by atoms with E-state index in [1.165, 1.54) is 0 Å². The molecule has 2 nitrogen and oxygen atoms in total. The molecule has 4 heteroatoms. The molecule has 12 heavy (non-hydrogen) atoms. The second kappa shape index (κ2) is 6.89. The molecule has 0 rings (SSSR count). The minimum atomic E-state index is -0.627. The summed E-state index contributed by atoms with van der Waals surface area (Å²) in [5.74, 6) is 0.631. The molecule has 0 aromatic rings. The normalized spacial score (nSPS) is 12.0. The van der Waals surface area contributed by atoms with Crippen LogP contribution < -0.4 is 0 Å². The predicted molar refractivity (Wildman–Crippen MR) is 51.7 cm³/mol. The van der Waals surface area contributed by atoms with Crippen molar-refractivity contribution in [1.82, 2.24) is 0 Å². The predicted octanol–water partition coefficient (Wildman–Crippen LogP) is 1.90. The molecule has 0 spiro atoms. The molecule has 0 bridgehead atoms. The van der Waals surface area contributed by atoms with E-state index in [-0.39, 0.29) is 0 Å². The molecule has 0 amide bonds. The first kappa shape index (κ1) is 12.4. The van der Waals surface area contributed by atoms with Crippen LogP contribution in [0.4, 0.5) is 0 Å². The molecule has 0 unspecified atom stereocenters. The summed E-state index contributed by atoms with van der Waals surface area (Å²) < 4.78 is 10.8. The molecule has 0 aliphatic heterocycles. The van der Waals surface area contributed by atoms with Gasteiger partial charge in [-0.1, -0.05) is 0 Å². The minimum absolute atomic E-state index is 0.627. The molecule has 0 heterocycles. The first-order valence-electron chi connectivity index (χ1n) is 4.27. The zero-order valence-corrected chi connectivity index (χ0v) is 9.49. The molecule has 0 atom stereocenters. The van der Waals surface area contributed by atoms with Crippen LogP contribution in [-0.2, 0) is 9.47 Å². The molecule has 0 aromatic heterocycles. The fourth-order valence-electron chi connectivity index (χ4n) is 0.952. The largest absolute Gasteiger partial charge is 0.355 e. The van der Waals surface area contributed by atoms with Gasteiger partial charge in [0.1, 0.15) is 15.7 Å². The maximum atomic E-state index is 5.58. The van der Waals surface area contributed by atoms with Crippen molar-refractivity contribution in [3.05, 3.63) is 0 Å². The van der Waals surface area contributed by atoms with Gasteiger partial charge < -0.3 is 9.47 Å². The van der Waals surface area contributed by atoms with Crippen LogP contribution in [0.1, 0.15) is 26.7 Å². The van der Waals surface area contributed by atoms with Gasteiger partial charge in [0.25, 0.3) is 0 Å². The van der Waals surface area contributed by atoms with E-state index in [1.807, 2.05) is 13.8 Å². The number of halogens is 1. The first-order valence-corrected chi connectivity index (χ1v) is 5.31. The summed E-state index contributed by atoms with van der Waals surface area (Å²) in [7, 11) is 3.46. The molecule has 0 saturated heterocycles. The monoisotopic (exact) mass is 207 g/mol. The molecule has 0 saturated carbocycles. The van der Waals surface area contributed by atoms with Crippen LogP contribution in [0.2, 0.25) is 0 Å². The SMILES string of the molecule is CCOC([Si])(CCCCl)OCC. The Morgan fingerprint density at radius 2 is 1.75 bits per heavy atom. The Bertz CT molecular complexity index is 105. The first-order chi connectivity index (χ1) is 5.68. The zero-order valence-electron chi connectivity index (χ0n) is 7.73. The van der Waals surface area contributed by atoms with Crippen molar-refractivity contribution in [3.63, 3.8) is 0 Å². The van der Waals surface area contributed by atoms with Gasteiger partial charge in [0.05, 0.1) is 0 Å². The number of hydrogen-bond acceptors (Lipinski definition) is 2. The lowest BCUT2D eigenvalue weighted by atomic mass is 10.3. The number of rotatable bonds is 7. The smallest absolute Gasteiger partial charge is 0.144 e. The van der Waals surface area contributed by atoms with E-state index in [4.69, 9.17) is 21.1 Å². The molecule has 0 aliphatic carbocycles. The van der Waals surface area contributed by atoms with Gasteiger partial charge in [-0.25, -0.2) is 0 Å². The van der Waals surface area contributed by atoms with Crippen LogP contribution in [0, 0.1) is 0 Å². The van der Waals surface area contributed by atoms with Crippen molar-refractivity contribution in [2.24, 2.45) is 0 Å². The van der Waals surface area contributed by atoms with Gasteiger partial charge >= 0.3 is 0 Å². The molecular weight excluding hydrogens is 192 g/mol. The lowest BCUT2D eigenvalue weighted by molar-refractivity contribution is -0.176. The summed E-state index contributed by atoms with van der Waals surface area (Å²) in [4.78, 5) is 0. The number of hydrogen-bond donors (Lipinski definition) is 0. The van der Waals surface area contributed by atoms with Gasteiger partial charge in [0.15, 0.2) is 0 Å². The van der Waals surface area contributed by atoms with E-state index in [9.17, 15) is 0 Å². The molecular formula is C8H16ClO2Si. The third kappa shape index (κ3) is 5.14. The highest BCUT2D eigenvalue weighted by molar-refractivity contribution is 6.18. The lowest BCUT2D eigenvalue weighted by Gasteiger charge is -2.29. The van der Waals surface area contributed by atoms with Crippen molar-refractivity contribution < 1.29 is 9.47 Å². The average molecular weight is 208 g/mol. The van der Waals surface area contributed by atoms with E-state index in [0.717, 1.165) is 12.8 Å². The Morgan fingerprint density at radius 3 is 2.08 bits per heavy atom. The standard InChI is InChI=1S/C8H16ClO2Si/c1-3-10-8(12,11-4-2)6-5-7-9/h3-7H2,1-2H3. The minimum Gasteiger partial charge on any atom is -0.355 e. The van der Waals surface area contributed by atoms with Crippen LogP contribution >= 0.6 is 11.6 Å². The fraction of sp³-hybridized carbons (Fsp3) is 1.00. The molecule has 3 radical (unpaired) electrons.